The fourth-order valence-electron chi connectivity index (χ4n) is 1.99. The van der Waals surface area contributed by atoms with Gasteiger partial charge in [-0.25, -0.2) is 4.79 Å². The van der Waals surface area contributed by atoms with Gasteiger partial charge in [-0.1, -0.05) is 26.3 Å². The van der Waals surface area contributed by atoms with Crippen LogP contribution >= 0.6 is 17.0 Å². The van der Waals surface area contributed by atoms with Gasteiger partial charge in [-0.15, -0.1) is 17.0 Å². The number of carbonyl (C=O) groups excluding carboxylic acids is 1. The molecule has 0 aromatic heterocycles. The van der Waals surface area contributed by atoms with Gasteiger partial charge >= 0.3 is 5.97 Å². The summed E-state index contributed by atoms with van der Waals surface area (Å²) in [4.78, 5) is 11.5. The summed E-state index contributed by atoms with van der Waals surface area (Å²) < 4.78 is 5.38. The van der Waals surface area contributed by atoms with Crippen LogP contribution < -0.4 is 5.73 Å². The van der Waals surface area contributed by atoms with Crippen molar-refractivity contribution in [1.82, 2.24) is 0 Å². The number of carbonyl (C=O) groups is 1. The third kappa shape index (κ3) is 7.17. The first-order valence-corrected chi connectivity index (χ1v) is 6.35. The number of unbranched alkanes of at least 4 members (excludes halogenated alkanes) is 1. The van der Waals surface area contributed by atoms with E-state index in [1.54, 1.807) is 6.92 Å². The highest BCUT2D eigenvalue weighted by molar-refractivity contribution is 8.93. The molecule has 0 fully saturated rings. The van der Waals surface area contributed by atoms with E-state index in [1.807, 2.05) is 20.8 Å². The number of ether oxygens (including phenoxy) is 1. The van der Waals surface area contributed by atoms with Crippen molar-refractivity contribution in [3.63, 3.8) is 0 Å². The molecule has 4 heteroatoms. The number of halogens is 1. The van der Waals surface area contributed by atoms with Crippen molar-refractivity contribution in [3.05, 3.63) is 12.2 Å². The maximum absolute atomic E-state index is 11.5. The maximum atomic E-state index is 11.5. The van der Waals surface area contributed by atoms with E-state index < -0.39 is 0 Å². The Morgan fingerprint density at radius 1 is 1.44 bits per heavy atom. The van der Waals surface area contributed by atoms with E-state index >= 15 is 0 Å². The van der Waals surface area contributed by atoms with Gasteiger partial charge in [0.05, 0.1) is 0 Å². The molecule has 0 saturated heterocycles. The summed E-state index contributed by atoms with van der Waals surface area (Å²) >= 11 is 0. The molecular formula is C14H28BrNO2. The Balaban J connectivity index is 0. The van der Waals surface area contributed by atoms with Crippen molar-refractivity contribution < 1.29 is 9.53 Å². The third-order valence-corrected chi connectivity index (χ3v) is 3.03. The van der Waals surface area contributed by atoms with Crippen molar-refractivity contribution in [3.8, 4) is 0 Å². The van der Waals surface area contributed by atoms with E-state index in [0.29, 0.717) is 5.57 Å². The van der Waals surface area contributed by atoms with E-state index in [1.165, 1.54) is 0 Å². The van der Waals surface area contributed by atoms with Crippen LogP contribution in [-0.4, -0.2) is 17.6 Å². The van der Waals surface area contributed by atoms with E-state index in [0.717, 1.165) is 19.3 Å². The predicted molar refractivity (Wildman–Crippen MR) is 82.0 cm³/mol. The fourth-order valence-corrected chi connectivity index (χ4v) is 1.99. The molecule has 0 aliphatic carbocycles. The summed E-state index contributed by atoms with van der Waals surface area (Å²) in [7, 11) is 0. The van der Waals surface area contributed by atoms with Crippen LogP contribution in [0.4, 0.5) is 0 Å². The van der Waals surface area contributed by atoms with Gasteiger partial charge in [0, 0.05) is 17.0 Å². The second-order valence-electron chi connectivity index (χ2n) is 5.46. The lowest BCUT2D eigenvalue weighted by Gasteiger charge is -2.35. The minimum absolute atomic E-state index is 0. The standard InChI is InChI=1S/C14H27NO2.BrH/c1-7-8-9-12(14(5,6)15)11(4)17-13(16)10(2)3;/h11-12H,2,7-9,15H2,1,3-6H3;1H. The molecule has 0 aliphatic heterocycles. The van der Waals surface area contributed by atoms with E-state index in [4.69, 9.17) is 10.5 Å². The molecule has 0 rings (SSSR count). The molecule has 0 radical (unpaired) electrons. The molecule has 2 atom stereocenters. The topological polar surface area (TPSA) is 52.3 Å². The lowest BCUT2D eigenvalue weighted by atomic mass is 9.81. The highest BCUT2D eigenvalue weighted by atomic mass is 79.9. The molecule has 0 aliphatic rings. The molecule has 2 N–H and O–H groups in total. The van der Waals surface area contributed by atoms with Gasteiger partial charge in [-0.05, 0) is 34.1 Å². The van der Waals surface area contributed by atoms with Gasteiger partial charge in [-0.2, -0.15) is 0 Å². The second-order valence-corrected chi connectivity index (χ2v) is 5.46. The minimum Gasteiger partial charge on any atom is -0.459 e. The molecule has 0 aromatic rings. The van der Waals surface area contributed by atoms with Crippen LogP contribution in [0, 0.1) is 5.92 Å². The monoisotopic (exact) mass is 321 g/mol. The van der Waals surface area contributed by atoms with Gasteiger partial charge in [0.15, 0.2) is 0 Å². The van der Waals surface area contributed by atoms with Crippen molar-refractivity contribution >= 4 is 23.0 Å². The molecule has 0 aromatic carbocycles. The maximum Gasteiger partial charge on any atom is 0.333 e. The lowest BCUT2D eigenvalue weighted by Crippen LogP contribution is -2.47. The van der Waals surface area contributed by atoms with Gasteiger partial charge in [0.25, 0.3) is 0 Å². The normalized spacial score (nSPS) is 14.3. The van der Waals surface area contributed by atoms with Crippen molar-refractivity contribution in [2.24, 2.45) is 11.7 Å². The minimum atomic E-state index is -0.343. The van der Waals surface area contributed by atoms with Crippen LogP contribution in [0.15, 0.2) is 12.2 Å². The molecule has 3 nitrogen and oxygen atoms in total. The molecule has 0 heterocycles. The molecule has 2 unspecified atom stereocenters. The van der Waals surface area contributed by atoms with E-state index in [-0.39, 0.29) is 40.5 Å². The van der Waals surface area contributed by atoms with Gasteiger partial charge in [-0.3, -0.25) is 0 Å². The van der Waals surface area contributed by atoms with Crippen molar-refractivity contribution in [2.45, 2.75) is 65.5 Å². The predicted octanol–water partition coefficient (Wildman–Crippen LogP) is 3.62. The largest absolute Gasteiger partial charge is 0.459 e. The van der Waals surface area contributed by atoms with E-state index in [9.17, 15) is 4.79 Å². The molecule has 0 saturated carbocycles. The average molecular weight is 322 g/mol. The molecule has 0 amide bonds. The first kappa shape index (κ1) is 20.0. The summed E-state index contributed by atoms with van der Waals surface area (Å²) in [5.41, 5.74) is 6.25. The summed E-state index contributed by atoms with van der Waals surface area (Å²) in [6.45, 7) is 13.3. The van der Waals surface area contributed by atoms with Crippen LogP contribution in [0.5, 0.6) is 0 Å². The molecule has 0 bridgehead atoms. The molecule has 18 heavy (non-hydrogen) atoms. The Morgan fingerprint density at radius 3 is 2.28 bits per heavy atom. The van der Waals surface area contributed by atoms with Crippen LogP contribution in [0.25, 0.3) is 0 Å². The molecule has 0 spiro atoms. The Bertz CT molecular complexity index is 271. The quantitative estimate of drug-likeness (QED) is 0.575. The second kappa shape index (κ2) is 8.70. The zero-order valence-corrected chi connectivity index (χ0v) is 14.0. The molecular weight excluding hydrogens is 294 g/mol. The van der Waals surface area contributed by atoms with Crippen LogP contribution in [-0.2, 0) is 9.53 Å². The Labute approximate surface area is 122 Å². The zero-order valence-electron chi connectivity index (χ0n) is 12.3. The van der Waals surface area contributed by atoms with Gasteiger partial charge in [0.1, 0.15) is 6.10 Å². The number of hydrogen-bond donors (Lipinski definition) is 1. The summed E-state index contributed by atoms with van der Waals surface area (Å²) in [6.07, 6.45) is 3.02. The van der Waals surface area contributed by atoms with Crippen molar-refractivity contribution in [2.75, 3.05) is 0 Å². The van der Waals surface area contributed by atoms with Crippen LogP contribution in [0.2, 0.25) is 0 Å². The van der Waals surface area contributed by atoms with Gasteiger partial charge < -0.3 is 10.5 Å². The highest BCUT2D eigenvalue weighted by Gasteiger charge is 2.31. The van der Waals surface area contributed by atoms with Crippen molar-refractivity contribution in [1.29, 1.82) is 0 Å². The first-order chi connectivity index (χ1) is 7.70. The number of nitrogens with two attached hydrogens (primary N) is 1. The summed E-state index contributed by atoms with van der Waals surface area (Å²) in [6, 6.07) is 0. The summed E-state index contributed by atoms with van der Waals surface area (Å²) in [5, 5.41) is 0. The third-order valence-electron chi connectivity index (χ3n) is 3.03. The number of hydrogen-bond acceptors (Lipinski definition) is 3. The summed E-state index contributed by atoms with van der Waals surface area (Å²) in [5.74, 6) is -0.158. The highest BCUT2D eigenvalue weighted by Crippen LogP contribution is 2.26. The average Bonchev–Trinajstić information content (AvgIpc) is 2.15. The van der Waals surface area contributed by atoms with Crippen LogP contribution in [0.1, 0.15) is 53.9 Å². The molecule has 108 valence electrons. The SMILES string of the molecule is Br.C=C(C)C(=O)OC(C)C(CCCC)C(C)(C)N. The number of rotatable bonds is 7. The Morgan fingerprint density at radius 2 is 1.94 bits per heavy atom. The van der Waals surface area contributed by atoms with Gasteiger partial charge in [0.2, 0.25) is 0 Å². The van der Waals surface area contributed by atoms with Crippen LogP contribution in [0.3, 0.4) is 0 Å². The smallest absolute Gasteiger partial charge is 0.333 e. The lowest BCUT2D eigenvalue weighted by molar-refractivity contribution is -0.147. The fraction of sp³-hybridized carbons (Fsp3) is 0.786. The Kier molecular flexibility index (Phi) is 9.66. The Hall–Kier alpha value is -0.350. The first-order valence-electron chi connectivity index (χ1n) is 6.35. The number of esters is 1. The van der Waals surface area contributed by atoms with E-state index in [2.05, 4.69) is 13.5 Å². The zero-order chi connectivity index (χ0) is 13.6.